The molecule has 1 aromatic heterocycles. The number of amides is 1. The Kier molecular flexibility index (Phi) is 3.37. The molecule has 0 saturated carbocycles. The summed E-state index contributed by atoms with van der Waals surface area (Å²) >= 11 is 3.35. The van der Waals surface area contributed by atoms with E-state index in [9.17, 15) is 4.79 Å². The Morgan fingerprint density at radius 3 is 2.50 bits per heavy atom. The SMILES string of the molecule is CC(C)N(C)C(=O)c1cc(Br)cn1C. The first-order chi connectivity index (χ1) is 6.43. The number of carbonyl (C=O) groups is 1. The minimum Gasteiger partial charge on any atom is -0.345 e. The fraction of sp³-hybridized carbons (Fsp3) is 0.500. The molecule has 0 fully saturated rings. The second-order valence-corrected chi connectivity index (χ2v) is 4.58. The van der Waals surface area contributed by atoms with Crippen molar-refractivity contribution < 1.29 is 4.79 Å². The summed E-state index contributed by atoms with van der Waals surface area (Å²) in [6, 6.07) is 2.05. The zero-order chi connectivity index (χ0) is 10.9. The van der Waals surface area contributed by atoms with Crippen LogP contribution >= 0.6 is 15.9 Å². The average Bonchev–Trinajstić information content (AvgIpc) is 2.42. The van der Waals surface area contributed by atoms with Gasteiger partial charge in [-0.3, -0.25) is 4.79 Å². The summed E-state index contributed by atoms with van der Waals surface area (Å²) in [7, 11) is 3.68. The van der Waals surface area contributed by atoms with E-state index < -0.39 is 0 Å². The van der Waals surface area contributed by atoms with Crippen molar-refractivity contribution in [3.8, 4) is 0 Å². The first-order valence-electron chi connectivity index (χ1n) is 4.52. The van der Waals surface area contributed by atoms with E-state index in [1.807, 2.05) is 44.8 Å². The zero-order valence-corrected chi connectivity index (χ0v) is 10.5. The van der Waals surface area contributed by atoms with Gasteiger partial charge in [-0.1, -0.05) is 0 Å². The van der Waals surface area contributed by atoms with Gasteiger partial charge in [0.2, 0.25) is 0 Å². The predicted octanol–water partition coefficient (Wildman–Crippen LogP) is 2.27. The first kappa shape index (κ1) is 11.3. The molecule has 0 atom stereocenters. The maximum Gasteiger partial charge on any atom is 0.270 e. The van der Waals surface area contributed by atoms with Crippen LogP contribution in [-0.4, -0.2) is 28.5 Å². The minimum atomic E-state index is 0.0493. The van der Waals surface area contributed by atoms with E-state index in [-0.39, 0.29) is 11.9 Å². The van der Waals surface area contributed by atoms with Crippen LogP contribution in [0.1, 0.15) is 24.3 Å². The van der Waals surface area contributed by atoms with Crippen molar-refractivity contribution >= 4 is 21.8 Å². The van der Waals surface area contributed by atoms with E-state index in [4.69, 9.17) is 0 Å². The monoisotopic (exact) mass is 258 g/mol. The molecule has 4 heteroatoms. The van der Waals surface area contributed by atoms with Crippen LogP contribution in [0.15, 0.2) is 16.7 Å². The van der Waals surface area contributed by atoms with Crippen LogP contribution in [0.25, 0.3) is 0 Å². The molecule has 0 aliphatic rings. The van der Waals surface area contributed by atoms with Crippen molar-refractivity contribution in [2.45, 2.75) is 19.9 Å². The number of aryl methyl sites for hydroxylation is 1. The van der Waals surface area contributed by atoms with Crippen LogP contribution in [0.4, 0.5) is 0 Å². The molecule has 14 heavy (non-hydrogen) atoms. The van der Waals surface area contributed by atoms with Crippen LogP contribution in [0.5, 0.6) is 0 Å². The Morgan fingerprint density at radius 1 is 1.57 bits per heavy atom. The van der Waals surface area contributed by atoms with Crippen LogP contribution in [0.3, 0.4) is 0 Å². The number of hydrogen-bond donors (Lipinski definition) is 0. The number of hydrogen-bond acceptors (Lipinski definition) is 1. The highest BCUT2D eigenvalue weighted by Crippen LogP contribution is 2.15. The number of nitrogens with zero attached hydrogens (tertiary/aromatic N) is 2. The Balaban J connectivity index is 2.95. The molecular weight excluding hydrogens is 244 g/mol. The molecule has 0 aromatic carbocycles. The standard InChI is InChI=1S/C10H15BrN2O/c1-7(2)13(4)10(14)9-5-8(11)6-12(9)3/h5-7H,1-4H3. The lowest BCUT2D eigenvalue weighted by molar-refractivity contribution is 0.0745. The summed E-state index contributed by atoms with van der Waals surface area (Å²) in [5.41, 5.74) is 0.702. The Bertz CT molecular complexity index is 344. The largest absolute Gasteiger partial charge is 0.345 e. The lowest BCUT2D eigenvalue weighted by atomic mass is 10.3. The van der Waals surface area contributed by atoms with Gasteiger partial charge in [-0.2, -0.15) is 0 Å². The molecule has 0 N–H and O–H groups in total. The summed E-state index contributed by atoms with van der Waals surface area (Å²) in [6.07, 6.45) is 1.88. The van der Waals surface area contributed by atoms with E-state index in [1.165, 1.54) is 0 Å². The number of halogens is 1. The molecule has 3 nitrogen and oxygen atoms in total. The van der Waals surface area contributed by atoms with Crippen LogP contribution in [-0.2, 0) is 7.05 Å². The van der Waals surface area contributed by atoms with Crippen molar-refractivity contribution in [3.05, 3.63) is 22.4 Å². The van der Waals surface area contributed by atoms with Gasteiger partial charge in [-0.05, 0) is 35.8 Å². The topological polar surface area (TPSA) is 25.2 Å². The molecule has 1 aromatic rings. The number of aromatic nitrogens is 1. The second kappa shape index (κ2) is 4.17. The molecule has 0 aliphatic heterocycles. The lowest BCUT2D eigenvalue weighted by Crippen LogP contribution is -2.34. The van der Waals surface area contributed by atoms with E-state index in [1.54, 1.807) is 4.90 Å². The van der Waals surface area contributed by atoms with E-state index in [0.717, 1.165) is 4.47 Å². The zero-order valence-electron chi connectivity index (χ0n) is 8.91. The second-order valence-electron chi connectivity index (χ2n) is 3.66. The maximum absolute atomic E-state index is 11.9. The molecule has 1 rings (SSSR count). The lowest BCUT2D eigenvalue weighted by Gasteiger charge is -2.21. The van der Waals surface area contributed by atoms with Crippen molar-refractivity contribution in [3.63, 3.8) is 0 Å². The fourth-order valence-electron chi connectivity index (χ4n) is 1.15. The van der Waals surface area contributed by atoms with Gasteiger partial charge < -0.3 is 9.47 Å². The van der Waals surface area contributed by atoms with Crippen molar-refractivity contribution in [1.29, 1.82) is 0 Å². The molecule has 1 amide bonds. The number of rotatable bonds is 2. The van der Waals surface area contributed by atoms with Crippen LogP contribution in [0.2, 0.25) is 0 Å². The molecular formula is C10H15BrN2O. The van der Waals surface area contributed by atoms with E-state index in [0.29, 0.717) is 5.69 Å². The molecule has 0 aliphatic carbocycles. The summed E-state index contributed by atoms with van der Waals surface area (Å²) < 4.78 is 2.76. The van der Waals surface area contributed by atoms with Crippen molar-refractivity contribution in [1.82, 2.24) is 9.47 Å². The van der Waals surface area contributed by atoms with Gasteiger partial charge in [0.05, 0.1) is 0 Å². The molecule has 0 saturated heterocycles. The van der Waals surface area contributed by atoms with E-state index in [2.05, 4.69) is 15.9 Å². The fourth-order valence-corrected chi connectivity index (χ4v) is 1.68. The normalized spacial score (nSPS) is 10.7. The molecule has 0 spiro atoms. The maximum atomic E-state index is 11.9. The first-order valence-corrected chi connectivity index (χ1v) is 5.31. The predicted molar refractivity (Wildman–Crippen MR) is 60.3 cm³/mol. The van der Waals surface area contributed by atoms with Gasteiger partial charge in [-0.25, -0.2) is 0 Å². The number of carbonyl (C=O) groups excluding carboxylic acids is 1. The average molecular weight is 259 g/mol. The summed E-state index contributed by atoms with van der Waals surface area (Å²) in [6.45, 7) is 3.99. The third-order valence-corrected chi connectivity index (χ3v) is 2.72. The molecule has 0 unspecified atom stereocenters. The Hall–Kier alpha value is -0.770. The summed E-state index contributed by atoms with van der Waals surface area (Å²) in [5.74, 6) is 0.0493. The van der Waals surface area contributed by atoms with Crippen LogP contribution < -0.4 is 0 Å². The third kappa shape index (κ3) is 2.18. The molecule has 0 bridgehead atoms. The highest BCUT2D eigenvalue weighted by atomic mass is 79.9. The van der Waals surface area contributed by atoms with Gasteiger partial charge in [0.25, 0.3) is 5.91 Å². The van der Waals surface area contributed by atoms with Gasteiger partial charge in [0.1, 0.15) is 5.69 Å². The van der Waals surface area contributed by atoms with Crippen molar-refractivity contribution in [2.75, 3.05) is 7.05 Å². The third-order valence-electron chi connectivity index (χ3n) is 2.29. The minimum absolute atomic E-state index is 0.0493. The summed E-state index contributed by atoms with van der Waals surface area (Å²) in [5, 5.41) is 0. The van der Waals surface area contributed by atoms with Gasteiger partial charge >= 0.3 is 0 Å². The van der Waals surface area contributed by atoms with Gasteiger partial charge in [0, 0.05) is 30.8 Å². The molecule has 78 valence electrons. The van der Waals surface area contributed by atoms with Crippen LogP contribution in [0, 0.1) is 0 Å². The smallest absolute Gasteiger partial charge is 0.270 e. The van der Waals surface area contributed by atoms with E-state index >= 15 is 0 Å². The molecule has 0 radical (unpaired) electrons. The van der Waals surface area contributed by atoms with Gasteiger partial charge in [0.15, 0.2) is 0 Å². The highest BCUT2D eigenvalue weighted by Gasteiger charge is 2.17. The molecule has 1 heterocycles. The Labute approximate surface area is 92.8 Å². The highest BCUT2D eigenvalue weighted by molar-refractivity contribution is 9.10. The van der Waals surface area contributed by atoms with Crippen molar-refractivity contribution in [2.24, 2.45) is 7.05 Å². The quantitative estimate of drug-likeness (QED) is 0.799. The Morgan fingerprint density at radius 2 is 2.14 bits per heavy atom. The summed E-state index contributed by atoms with van der Waals surface area (Å²) in [4.78, 5) is 13.6. The van der Waals surface area contributed by atoms with Gasteiger partial charge in [-0.15, -0.1) is 0 Å².